The maximum absolute atomic E-state index is 12.4. The van der Waals surface area contributed by atoms with Gasteiger partial charge in [0.15, 0.2) is 5.82 Å². The summed E-state index contributed by atoms with van der Waals surface area (Å²) in [5.74, 6) is -1.07. The molecule has 0 aliphatic rings. The van der Waals surface area contributed by atoms with E-state index in [1.54, 1.807) is 45.0 Å². The lowest BCUT2D eigenvalue weighted by molar-refractivity contribution is -0.138. The minimum atomic E-state index is -1.14. The lowest BCUT2D eigenvalue weighted by Gasteiger charge is -2.28. The highest BCUT2D eigenvalue weighted by Crippen LogP contribution is 2.24. The van der Waals surface area contributed by atoms with Gasteiger partial charge in [0.2, 0.25) is 11.7 Å². The maximum Gasteiger partial charge on any atom is 0.410 e. The minimum absolute atomic E-state index is 0.0245. The predicted octanol–water partition coefficient (Wildman–Crippen LogP) is 3.30. The summed E-state index contributed by atoms with van der Waals surface area (Å²) < 4.78 is 5.30. The second-order valence-electron chi connectivity index (χ2n) is 9.57. The van der Waals surface area contributed by atoms with Crippen LogP contribution in [0.15, 0.2) is 24.3 Å². The van der Waals surface area contributed by atoms with Crippen molar-refractivity contribution in [1.82, 2.24) is 25.3 Å². The first-order valence-corrected chi connectivity index (χ1v) is 10.3. The van der Waals surface area contributed by atoms with Gasteiger partial charge >= 0.3 is 12.1 Å². The molecule has 11 nitrogen and oxygen atoms in total. The van der Waals surface area contributed by atoms with Gasteiger partial charge in [-0.1, -0.05) is 20.8 Å². The number of amides is 2. The minimum Gasteiger partial charge on any atom is -0.481 e. The predicted molar refractivity (Wildman–Crippen MR) is 120 cm³/mol. The molecule has 2 aromatic rings. The number of rotatable bonds is 6. The Morgan fingerprint density at radius 2 is 1.55 bits per heavy atom. The number of ether oxygens (including phenoxy) is 1. The Labute approximate surface area is 192 Å². The molecular weight excluding hydrogens is 428 g/mol. The van der Waals surface area contributed by atoms with Gasteiger partial charge in [-0.05, 0) is 45.0 Å². The molecule has 0 spiro atoms. The van der Waals surface area contributed by atoms with Gasteiger partial charge in [0.25, 0.3) is 0 Å². The van der Waals surface area contributed by atoms with Crippen molar-refractivity contribution < 1.29 is 24.2 Å². The Balaban J connectivity index is 2.21. The zero-order valence-corrected chi connectivity index (χ0v) is 19.9. The number of carbonyl (C=O) groups excluding carboxylic acids is 2. The fourth-order valence-electron chi connectivity index (χ4n) is 2.54. The fraction of sp³-hybridized carbons (Fsp3) is 0.500. The zero-order valence-electron chi connectivity index (χ0n) is 19.9. The summed E-state index contributed by atoms with van der Waals surface area (Å²) in [4.78, 5) is 37.0. The highest BCUT2D eigenvalue weighted by atomic mass is 16.6. The number of nitrogens with zero attached hydrogens (tertiary/aromatic N) is 5. The van der Waals surface area contributed by atoms with E-state index in [1.165, 1.54) is 7.05 Å². The lowest BCUT2D eigenvalue weighted by atomic mass is 9.95. The maximum atomic E-state index is 12.4. The van der Waals surface area contributed by atoms with Gasteiger partial charge in [-0.3, -0.25) is 9.59 Å². The van der Waals surface area contributed by atoms with Crippen LogP contribution < -0.4 is 5.32 Å². The molecule has 1 aromatic heterocycles. The summed E-state index contributed by atoms with van der Waals surface area (Å²) in [5, 5.41) is 28.2. The average molecular weight is 459 g/mol. The van der Waals surface area contributed by atoms with Crippen LogP contribution in [-0.4, -0.2) is 61.0 Å². The van der Waals surface area contributed by atoms with Crippen LogP contribution in [0.25, 0.3) is 11.4 Å². The SMILES string of the molecule is CN(C(=O)OC(C)(C)C)C(CC(=O)O)c1nnc(-c2ccc(NC(=O)C(C)(C)C)cc2)nn1. The van der Waals surface area contributed by atoms with Crippen LogP contribution in [0, 0.1) is 5.41 Å². The van der Waals surface area contributed by atoms with Crippen molar-refractivity contribution in [3.63, 3.8) is 0 Å². The fourth-order valence-corrected chi connectivity index (χ4v) is 2.54. The largest absolute Gasteiger partial charge is 0.481 e. The van der Waals surface area contributed by atoms with Crippen LogP contribution in [0.1, 0.15) is 59.8 Å². The summed E-state index contributed by atoms with van der Waals surface area (Å²) in [6.07, 6.45) is -1.16. The Bertz CT molecular complexity index is 994. The topological polar surface area (TPSA) is 148 Å². The average Bonchev–Trinajstić information content (AvgIpc) is 2.70. The molecule has 2 amide bonds. The molecule has 33 heavy (non-hydrogen) atoms. The quantitative estimate of drug-likeness (QED) is 0.665. The molecular formula is C22H30N6O5. The third-order valence-electron chi connectivity index (χ3n) is 4.39. The number of nitrogens with one attached hydrogen (secondary N) is 1. The van der Waals surface area contributed by atoms with Gasteiger partial charge in [-0.15, -0.1) is 20.4 Å². The van der Waals surface area contributed by atoms with Gasteiger partial charge in [-0.2, -0.15) is 0 Å². The monoisotopic (exact) mass is 458 g/mol. The van der Waals surface area contributed by atoms with E-state index >= 15 is 0 Å². The molecule has 178 valence electrons. The van der Waals surface area contributed by atoms with E-state index in [0.717, 1.165) is 4.90 Å². The van der Waals surface area contributed by atoms with Crippen LogP contribution in [-0.2, 0) is 14.3 Å². The van der Waals surface area contributed by atoms with Crippen molar-refractivity contribution in [1.29, 1.82) is 0 Å². The first kappa shape index (κ1) is 25.6. The smallest absolute Gasteiger partial charge is 0.410 e. The summed E-state index contributed by atoms with van der Waals surface area (Å²) in [6.45, 7) is 10.6. The molecule has 1 unspecified atom stereocenters. The van der Waals surface area contributed by atoms with E-state index in [-0.39, 0.29) is 17.6 Å². The Kier molecular flexibility index (Phi) is 7.68. The Morgan fingerprint density at radius 3 is 2.00 bits per heavy atom. The number of aromatic nitrogens is 4. The molecule has 2 rings (SSSR count). The molecule has 1 heterocycles. The van der Waals surface area contributed by atoms with E-state index in [1.807, 2.05) is 20.8 Å². The summed E-state index contributed by atoms with van der Waals surface area (Å²) in [5.41, 5.74) is -0.0502. The summed E-state index contributed by atoms with van der Waals surface area (Å²) in [7, 11) is 1.41. The van der Waals surface area contributed by atoms with Crippen molar-refractivity contribution >= 4 is 23.7 Å². The standard InChI is InChI=1S/C22H30N6O5/c1-21(2,3)19(31)23-14-10-8-13(9-11-14)17-24-26-18(27-25-17)15(12-16(29)30)28(7)20(32)33-22(4,5)6/h8-11,15H,12H2,1-7H3,(H,23,31)(H,29,30). The highest BCUT2D eigenvalue weighted by Gasteiger charge is 2.31. The van der Waals surface area contributed by atoms with Crippen molar-refractivity contribution in [2.75, 3.05) is 12.4 Å². The molecule has 11 heteroatoms. The van der Waals surface area contributed by atoms with Crippen molar-refractivity contribution in [2.45, 2.75) is 59.6 Å². The number of anilines is 1. The molecule has 0 fully saturated rings. The molecule has 2 N–H and O–H groups in total. The molecule has 0 bridgehead atoms. The number of hydrogen-bond donors (Lipinski definition) is 2. The van der Waals surface area contributed by atoms with E-state index in [4.69, 9.17) is 4.74 Å². The number of benzene rings is 1. The molecule has 0 aliphatic carbocycles. The first-order valence-electron chi connectivity index (χ1n) is 10.3. The third-order valence-corrected chi connectivity index (χ3v) is 4.39. The Hall–Kier alpha value is -3.63. The van der Waals surface area contributed by atoms with Crippen LogP contribution in [0.3, 0.4) is 0 Å². The number of carbonyl (C=O) groups is 3. The number of carboxylic acid groups (broad SMARTS) is 1. The van der Waals surface area contributed by atoms with Gasteiger partial charge in [-0.25, -0.2) is 4.79 Å². The van der Waals surface area contributed by atoms with Gasteiger partial charge in [0, 0.05) is 23.7 Å². The second-order valence-corrected chi connectivity index (χ2v) is 9.57. The summed E-state index contributed by atoms with van der Waals surface area (Å²) in [6, 6.07) is 5.82. The Morgan fingerprint density at radius 1 is 1.00 bits per heavy atom. The number of aliphatic carboxylic acids is 1. The molecule has 1 aromatic carbocycles. The van der Waals surface area contributed by atoms with E-state index in [2.05, 4.69) is 25.7 Å². The van der Waals surface area contributed by atoms with Gasteiger partial charge in [0.1, 0.15) is 11.6 Å². The highest BCUT2D eigenvalue weighted by molar-refractivity contribution is 5.94. The molecule has 0 aliphatic heterocycles. The van der Waals surface area contributed by atoms with Crippen LogP contribution in [0.2, 0.25) is 0 Å². The van der Waals surface area contributed by atoms with Crippen molar-refractivity contribution in [3.05, 3.63) is 30.1 Å². The van der Waals surface area contributed by atoms with Crippen LogP contribution in [0.5, 0.6) is 0 Å². The first-order chi connectivity index (χ1) is 15.2. The van der Waals surface area contributed by atoms with Crippen molar-refractivity contribution in [3.8, 4) is 11.4 Å². The normalized spacial score (nSPS) is 12.6. The van der Waals surface area contributed by atoms with E-state index < -0.39 is 35.5 Å². The number of hydrogen-bond acceptors (Lipinski definition) is 8. The molecule has 0 saturated carbocycles. The second kappa shape index (κ2) is 9.88. The molecule has 0 radical (unpaired) electrons. The lowest BCUT2D eigenvalue weighted by Crippen LogP contribution is -2.38. The third kappa shape index (κ3) is 7.48. The molecule has 1 atom stereocenters. The number of carboxylic acids is 1. The zero-order chi connectivity index (χ0) is 25.0. The summed E-state index contributed by atoms with van der Waals surface area (Å²) >= 11 is 0. The van der Waals surface area contributed by atoms with Crippen LogP contribution in [0.4, 0.5) is 10.5 Å². The van der Waals surface area contributed by atoms with Crippen LogP contribution >= 0.6 is 0 Å². The van der Waals surface area contributed by atoms with E-state index in [0.29, 0.717) is 11.3 Å². The van der Waals surface area contributed by atoms with Crippen molar-refractivity contribution in [2.24, 2.45) is 5.41 Å². The van der Waals surface area contributed by atoms with Gasteiger partial charge < -0.3 is 20.1 Å². The molecule has 0 saturated heterocycles. The van der Waals surface area contributed by atoms with Gasteiger partial charge in [0.05, 0.1) is 6.42 Å². The van der Waals surface area contributed by atoms with E-state index in [9.17, 15) is 19.5 Å².